The minimum absolute atomic E-state index is 0.170. The maximum absolute atomic E-state index is 13.3. The number of thiophene rings is 1. The lowest BCUT2D eigenvalue weighted by atomic mass is 9.89. The molecular weight excluding hydrogens is 571 g/mol. The van der Waals surface area contributed by atoms with Gasteiger partial charge in [0.15, 0.2) is 11.5 Å². The van der Waals surface area contributed by atoms with Crippen molar-refractivity contribution >= 4 is 56.9 Å². The quantitative estimate of drug-likeness (QED) is 0.193. The van der Waals surface area contributed by atoms with E-state index in [0.29, 0.717) is 44.0 Å². The van der Waals surface area contributed by atoms with Crippen molar-refractivity contribution in [3.8, 4) is 11.5 Å². The fourth-order valence-electron chi connectivity index (χ4n) is 4.71. The third-order valence-electron chi connectivity index (χ3n) is 7.05. The largest absolute Gasteiger partial charge is 0.493 e. The molecule has 0 bridgehead atoms. The molecule has 0 aliphatic heterocycles. The predicted octanol–water partition coefficient (Wildman–Crippen LogP) is 6.19. The van der Waals surface area contributed by atoms with E-state index in [1.165, 1.54) is 29.1 Å². The lowest BCUT2D eigenvalue weighted by molar-refractivity contribution is -0.123. The van der Waals surface area contributed by atoms with Crippen molar-refractivity contribution in [1.82, 2.24) is 15.0 Å². The monoisotopic (exact) mass is 598 g/mol. The standard InChI is InChI=1S/C29H28Cl2N4O4S/c1-16-7-9-19-25(11-16)40-28-26(19)29(37)35(15-32-28)17(2)27(36)34-33-13-18-8-10-23(24(12-18)38-3)39-14-20-21(30)5-4-6-22(20)31/h4-6,8,10,12-13,15-17H,7,9,11,14H2,1-3H3,(H,34,36). The molecule has 0 saturated carbocycles. The Balaban J connectivity index is 1.26. The number of hydrogen-bond donors (Lipinski definition) is 1. The maximum atomic E-state index is 13.3. The average Bonchev–Trinajstić information content (AvgIpc) is 3.31. The summed E-state index contributed by atoms with van der Waals surface area (Å²) in [5, 5.41) is 5.76. The van der Waals surface area contributed by atoms with Gasteiger partial charge in [0.1, 0.15) is 17.5 Å². The molecule has 2 aromatic heterocycles. The zero-order valence-corrected chi connectivity index (χ0v) is 24.6. The average molecular weight is 600 g/mol. The number of benzene rings is 2. The first kappa shape index (κ1) is 28.1. The van der Waals surface area contributed by atoms with Gasteiger partial charge in [0, 0.05) is 20.5 Å². The summed E-state index contributed by atoms with van der Waals surface area (Å²) in [7, 11) is 1.53. The van der Waals surface area contributed by atoms with E-state index in [4.69, 9.17) is 32.7 Å². The van der Waals surface area contributed by atoms with Gasteiger partial charge in [-0.25, -0.2) is 10.4 Å². The highest BCUT2D eigenvalue weighted by Gasteiger charge is 2.25. The van der Waals surface area contributed by atoms with Crippen LogP contribution in [0.1, 0.15) is 47.9 Å². The summed E-state index contributed by atoms with van der Waals surface area (Å²) in [6, 6.07) is 9.71. The molecule has 0 fully saturated rings. The molecule has 1 aliphatic carbocycles. The van der Waals surface area contributed by atoms with Crippen LogP contribution in [0.25, 0.3) is 10.2 Å². The van der Waals surface area contributed by atoms with E-state index in [2.05, 4.69) is 22.4 Å². The SMILES string of the molecule is COc1cc(C=NNC(=O)C(C)n2cnc3sc4c(c3c2=O)CCC(C)C4)ccc1OCc1c(Cl)cccc1Cl. The van der Waals surface area contributed by atoms with Crippen LogP contribution < -0.4 is 20.5 Å². The Morgan fingerprint density at radius 2 is 2.05 bits per heavy atom. The fraction of sp³-hybridized carbons (Fsp3) is 0.310. The molecule has 2 aromatic carbocycles. The van der Waals surface area contributed by atoms with E-state index >= 15 is 0 Å². The minimum atomic E-state index is -0.790. The summed E-state index contributed by atoms with van der Waals surface area (Å²) in [5.74, 6) is 1.15. The van der Waals surface area contributed by atoms with E-state index in [9.17, 15) is 9.59 Å². The van der Waals surface area contributed by atoms with Crippen molar-refractivity contribution in [2.75, 3.05) is 7.11 Å². The van der Waals surface area contributed by atoms with Gasteiger partial charge in [-0.15, -0.1) is 11.3 Å². The van der Waals surface area contributed by atoms with Crippen molar-refractivity contribution in [1.29, 1.82) is 0 Å². The molecule has 208 valence electrons. The number of aromatic nitrogens is 2. The molecule has 2 heterocycles. The molecule has 1 N–H and O–H groups in total. The van der Waals surface area contributed by atoms with Crippen LogP contribution >= 0.6 is 34.5 Å². The topological polar surface area (TPSA) is 94.8 Å². The fourth-order valence-corrected chi connectivity index (χ4v) is 6.56. The second kappa shape index (κ2) is 12.0. The van der Waals surface area contributed by atoms with Gasteiger partial charge in [-0.05, 0) is 73.6 Å². The number of hydrazone groups is 1. The van der Waals surface area contributed by atoms with Crippen LogP contribution in [0.5, 0.6) is 11.5 Å². The molecule has 8 nitrogen and oxygen atoms in total. The van der Waals surface area contributed by atoms with Crippen LogP contribution in [0, 0.1) is 5.92 Å². The number of nitrogens with one attached hydrogen (secondary N) is 1. The number of ether oxygens (including phenoxy) is 2. The van der Waals surface area contributed by atoms with Gasteiger partial charge in [-0.2, -0.15) is 5.10 Å². The van der Waals surface area contributed by atoms with E-state index in [1.54, 1.807) is 54.7 Å². The third-order valence-corrected chi connectivity index (χ3v) is 8.92. The molecule has 2 atom stereocenters. The summed E-state index contributed by atoms with van der Waals surface area (Å²) in [5.41, 5.74) is 4.77. The van der Waals surface area contributed by atoms with Crippen molar-refractivity contribution in [2.24, 2.45) is 11.0 Å². The van der Waals surface area contributed by atoms with Gasteiger partial charge in [0.2, 0.25) is 0 Å². The highest BCUT2D eigenvalue weighted by Crippen LogP contribution is 2.36. The van der Waals surface area contributed by atoms with Crippen molar-refractivity contribution < 1.29 is 14.3 Å². The van der Waals surface area contributed by atoms with Gasteiger partial charge >= 0.3 is 0 Å². The number of amides is 1. The Labute approximate surface area is 245 Å². The molecule has 11 heteroatoms. The Kier molecular flexibility index (Phi) is 8.44. The number of rotatable bonds is 8. The van der Waals surface area contributed by atoms with E-state index < -0.39 is 11.9 Å². The molecule has 5 rings (SSSR count). The highest BCUT2D eigenvalue weighted by atomic mass is 35.5. The van der Waals surface area contributed by atoms with E-state index in [1.807, 2.05) is 0 Å². The number of halogens is 2. The molecule has 2 unspecified atom stereocenters. The Hall–Kier alpha value is -3.40. The Morgan fingerprint density at radius 1 is 1.27 bits per heavy atom. The van der Waals surface area contributed by atoms with E-state index in [0.717, 1.165) is 29.7 Å². The summed E-state index contributed by atoms with van der Waals surface area (Å²) in [6.45, 7) is 4.05. The molecule has 1 amide bonds. The minimum Gasteiger partial charge on any atom is -0.493 e. The molecular formula is C29H28Cl2N4O4S. The smallest absolute Gasteiger partial charge is 0.263 e. The predicted molar refractivity (Wildman–Crippen MR) is 159 cm³/mol. The lowest BCUT2D eigenvalue weighted by Gasteiger charge is -2.18. The van der Waals surface area contributed by atoms with Gasteiger partial charge in [-0.3, -0.25) is 14.2 Å². The first-order valence-electron chi connectivity index (χ1n) is 12.8. The van der Waals surface area contributed by atoms with Crippen LogP contribution in [0.15, 0.2) is 52.6 Å². The van der Waals surface area contributed by atoms with Gasteiger partial charge in [0.25, 0.3) is 11.5 Å². The number of carbonyl (C=O) groups is 1. The van der Waals surface area contributed by atoms with Crippen LogP contribution in [0.4, 0.5) is 0 Å². The maximum Gasteiger partial charge on any atom is 0.263 e. The Morgan fingerprint density at radius 3 is 2.80 bits per heavy atom. The second-order valence-electron chi connectivity index (χ2n) is 9.80. The molecule has 4 aromatic rings. The molecule has 0 radical (unpaired) electrons. The number of carbonyl (C=O) groups excluding carboxylic acids is 1. The summed E-state index contributed by atoms with van der Waals surface area (Å²) < 4.78 is 12.7. The summed E-state index contributed by atoms with van der Waals surface area (Å²) >= 11 is 14.0. The third kappa shape index (κ3) is 5.73. The number of nitrogens with zero attached hydrogens (tertiary/aromatic N) is 3. The summed E-state index contributed by atoms with van der Waals surface area (Å²) in [4.78, 5) is 32.7. The number of hydrogen-bond acceptors (Lipinski definition) is 7. The molecule has 1 aliphatic rings. The first-order chi connectivity index (χ1) is 19.3. The number of aryl methyl sites for hydroxylation is 1. The van der Waals surface area contributed by atoms with Gasteiger partial charge in [0.05, 0.1) is 25.0 Å². The first-order valence-corrected chi connectivity index (χ1v) is 14.4. The van der Waals surface area contributed by atoms with Crippen LogP contribution in [0.3, 0.4) is 0 Å². The number of fused-ring (bicyclic) bond motifs is 3. The van der Waals surface area contributed by atoms with Gasteiger partial charge in [-0.1, -0.05) is 36.2 Å². The zero-order chi connectivity index (χ0) is 28.4. The van der Waals surface area contributed by atoms with Crippen molar-refractivity contribution in [2.45, 2.75) is 45.8 Å². The molecule has 0 spiro atoms. The lowest BCUT2D eigenvalue weighted by Crippen LogP contribution is -2.34. The molecule has 40 heavy (non-hydrogen) atoms. The number of methoxy groups -OCH3 is 1. The van der Waals surface area contributed by atoms with Crippen LogP contribution in [-0.2, 0) is 24.2 Å². The molecule has 0 saturated heterocycles. The summed E-state index contributed by atoms with van der Waals surface area (Å²) in [6.07, 6.45) is 5.81. The van der Waals surface area contributed by atoms with Crippen LogP contribution in [-0.4, -0.2) is 28.8 Å². The second-order valence-corrected chi connectivity index (χ2v) is 11.7. The van der Waals surface area contributed by atoms with Crippen molar-refractivity contribution in [3.63, 3.8) is 0 Å². The van der Waals surface area contributed by atoms with Gasteiger partial charge < -0.3 is 9.47 Å². The van der Waals surface area contributed by atoms with Crippen molar-refractivity contribution in [3.05, 3.63) is 84.7 Å². The van der Waals surface area contributed by atoms with Crippen LogP contribution in [0.2, 0.25) is 10.0 Å². The van der Waals surface area contributed by atoms with E-state index in [-0.39, 0.29) is 12.2 Å². The Bertz CT molecular complexity index is 1650. The normalized spacial score (nSPS) is 15.7. The highest BCUT2D eigenvalue weighted by molar-refractivity contribution is 7.18. The zero-order valence-electron chi connectivity index (χ0n) is 22.2.